The van der Waals surface area contributed by atoms with E-state index in [1.54, 1.807) is 0 Å². The van der Waals surface area contributed by atoms with Crippen LogP contribution >= 0.6 is 15.9 Å². The molecule has 0 radical (unpaired) electrons. The third-order valence-corrected chi connectivity index (χ3v) is 4.92. The van der Waals surface area contributed by atoms with E-state index in [-0.39, 0.29) is 6.79 Å². The third kappa shape index (κ3) is 4.30. The Hall–Kier alpha value is -2.94. The minimum Gasteiger partial charge on any atom is -0.456 e. The Balaban J connectivity index is 1.50. The van der Waals surface area contributed by atoms with Crippen molar-refractivity contribution < 1.29 is 19.3 Å². The number of hydrogen-bond acceptors (Lipinski definition) is 4. The van der Waals surface area contributed by atoms with Crippen LogP contribution in [0.15, 0.2) is 71.2 Å². The molecule has 4 nitrogen and oxygen atoms in total. The summed E-state index contributed by atoms with van der Waals surface area (Å²) in [4.78, 5) is 0. The molecule has 0 aliphatic carbocycles. The molecule has 0 aromatic heterocycles. The number of aliphatic hydroxyl groups is 1. The van der Waals surface area contributed by atoms with E-state index in [1.165, 1.54) is 0 Å². The average molecular weight is 437 g/mol. The molecule has 1 N–H and O–H groups in total. The summed E-state index contributed by atoms with van der Waals surface area (Å²) in [6.45, 7) is 0.214. The van der Waals surface area contributed by atoms with Crippen LogP contribution in [0.2, 0.25) is 0 Å². The van der Waals surface area contributed by atoms with E-state index in [1.807, 2.05) is 66.7 Å². The van der Waals surface area contributed by atoms with Crippen molar-refractivity contribution in [3.8, 4) is 34.8 Å². The van der Waals surface area contributed by atoms with Crippen molar-refractivity contribution in [2.45, 2.75) is 12.5 Å². The monoisotopic (exact) mass is 436 g/mol. The largest absolute Gasteiger partial charge is 0.456 e. The molecule has 3 aromatic carbocycles. The summed E-state index contributed by atoms with van der Waals surface area (Å²) >= 11 is 3.51. The van der Waals surface area contributed by atoms with Gasteiger partial charge in [-0.25, -0.2) is 0 Å². The van der Waals surface area contributed by atoms with Crippen LogP contribution in [0.25, 0.3) is 0 Å². The molecule has 1 heterocycles. The van der Waals surface area contributed by atoms with E-state index >= 15 is 0 Å². The number of aliphatic hydroxyl groups excluding tert-OH is 1. The minimum absolute atomic E-state index is 0.214. The normalized spacial score (nSPS) is 12.8. The second-order valence-electron chi connectivity index (χ2n) is 6.20. The van der Waals surface area contributed by atoms with Gasteiger partial charge in [0.1, 0.15) is 17.6 Å². The molecule has 4 rings (SSSR count). The van der Waals surface area contributed by atoms with Gasteiger partial charge in [0.05, 0.1) is 5.56 Å². The summed E-state index contributed by atoms with van der Waals surface area (Å²) in [5.74, 6) is 8.70. The Bertz CT molecular complexity index is 1040. The number of fused-ring (bicyclic) bond motifs is 1. The fourth-order valence-electron chi connectivity index (χ4n) is 2.81. The molecule has 0 spiro atoms. The van der Waals surface area contributed by atoms with Gasteiger partial charge in [0.25, 0.3) is 0 Å². The van der Waals surface area contributed by atoms with Gasteiger partial charge in [-0.3, -0.25) is 0 Å². The molecule has 0 saturated carbocycles. The first-order valence-electron chi connectivity index (χ1n) is 8.78. The summed E-state index contributed by atoms with van der Waals surface area (Å²) in [7, 11) is 0. The Morgan fingerprint density at radius 1 is 1.00 bits per heavy atom. The highest BCUT2D eigenvalue weighted by Crippen LogP contribution is 2.37. The Morgan fingerprint density at radius 2 is 1.71 bits per heavy atom. The molecule has 0 fully saturated rings. The number of benzene rings is 3. The number of rotatable bonds is 4. The highest BCUT2D eigenvalue weighted by Gasteiger charge is 2.17. The average Bonchev–Trinajstić information content (AvgIpc) is 3.15. The lowest BCUT2D eigenvalue weighted by atomic mass is 10.1. The molecule has 28 heavy (non-hydrogen) atoms. The molecule has 1 atom stereocenters. The van der Waals surface area contributed by atoms with Crippen molar-refractivity contribution in [3.63, 3.8) is 0 Å². The van der Waals surface area contributed by atoms with Crippen LogP contribution in [0.3, 0.4) is 0 Å². The van der Waals surface area contributed by atoms with Crippen molar-refractivity contribution in [3.05, 3.63) is 82.3 Å². The molecule has 0 amide bonds. The summed E-state index contributed by atoms with van der Waals surface area (Å²) in [5.41, 5.74) is 1.62. The van der Waals surface area contributed by atoms with Crippen LogP contribution < -0.4 is 14.2 Å². The molecule has 1 aliphatic rings. The van der Waals surface area contributed by atoms with Crippen molar-refractivity contribution in [2.24, 2.45) is 0 Å². The molecule has 5 heteroatoms. The zero-order chi connectivity index (χ0) is 19.3. The topological polar surface area (TPSA) is 47.9 Å². The maximum atomic E-state index is 10.4. The van der Waals surface area contributed by atoms with Gasteiger partial charge in [-0.2, -0.15) is 0 Å². The number of halogens is 1. The predicted octanol–water partition coefficient (Wildman–Crippen LogP) is 4.93. The van der Waals surface area contributed by atoms with Crippen molar-refractivity contribution in [1.29, 1.82) is 0 Å². The van der Waals surface area contributed by atoms with Gasteiger partial charge < -0.3 is 19.3 Å². The van der Waals surface area contributed by atoms with Crippen molar-refractivity contribution in [1.82, 2.24) is 0 Å². The summed E-state index contributed by atoms with van der Waals surface area (Å²) in [6.07, 6.45) is -0.465. The first-order chi connectivity index (χ1) is 13.7. The molecule has 0 saturated heterocycles. The highest BCUT2D eigenvalue weighted by atomic mass is 79.9. The quantitative estimate of drug-likeness (QED) is 0.589. The fourth-order valence-corrected chi connectivity index (χ4v) is 3.29. The number of para-hydroxylation sites is 2. The van der Waals surface area contributed by atoms with E-state index in [0.29, 0.717) is 23.7 Å². The summed E-state index contributed by atoms with van der Waals surface area (Å²) in [5, 5.41) is 10.4. The van der Waals surface area contributed by atoms with Crippen LogP contribution in [-0.4, -0.2) is 18.0 Å². The predicted molar refractivity (Wildman–Crippen MR) is 110 cm³/mol. The van der Waals surface area contributed by atoms with Crippen LogP contribution in [0.1, 0.15) is 11.1 Å². The van der Waals surface area contributed by atoms with Crippen LogP contribution in [0.5, 0.6) is 23.0 Å². The van der Waals surface area contributed by atoms with E-state index in [4.69, 9.17) is 14.2 Å². The summed E-state index contributed by atoms with van der Waals surface area (Å²) < 4.78 is 17.5. The van der Waals surface area contributed by atoms with Gasteiger partial charge >= 0.3 is 0 Å². The molecule has 1 aliphatic heterocycles. The number of ether oxygens (including phenoxy) is 3. The van der Waals surface area contributed by atoms with Gasteiger partial charge in [0.15, 0.2) is 11.5 Å². The molecular formula is C23H17BrO4. The summed E-state index contributed by atoms with van der Waals surface area (Å²) in [6, 6.07) is 20.8. The van der Waals surface area contributed by atoms with Gasteiger partial charge in [-0.15, -0.1) is 0 Å². The Morgan fingerprint density at radius 3 is 2.54 bits per heavy atom. The zero-order valence-electron chi connectivity index (χ0n) is 14.9. The van der Waals surface area contributed by atoms with E-state index in [0.717, 1.165) is 21.3 Å². The number of hydrogen-bond donors (Lipinski definition) is 1. The van der Waals surface area contributed by atoms with E-state index in [2.05, 4.69) is 27.8 Å². The van der Waals surface area contributed by atoms with Crippen LogP contribution in [-0.2, 0) is 6.42 Å². The Kier molecular flexibility index (Phi) is 5.52. The van der Waals surface area contributed by atoms with Gasteiger partial charge in [-0.1, -0.05) is 58.1 Å². The van der Waals surface area contributed by atoms with E-state index < -0.39 is 6.10 Å². The van der Waals surface area contributed by atoms with Gasteiger partial charge in [-0.05, 0) is 42.0 Å². The standard InChI is InChI=1S/C23H17BrO4/c24-20-14-23-22(26-15-27-23)13-17(20)12-18(25)11-10-16-6-4-5-9-21(16)28-19-7-2-1-3-8-19/h1-9,13-14,18,25H,12,15H2. The lowest BCUT2D eigenvalue weighted by Gasteiger charge is -2.09. The highest BCUT2D eigenvalue weighted by molar-refractivity contribution is 9.10. The fraction of sp³-hybridized carbons (Fsp3) is 0.130. The molecule has 1 unspecified atom stereocenters. The second-order valence-corrected chi connectivity index (χ2v) is 7.05. The first-order valence-corrected chi connectivity index (χ1v) is 9.58. The lowest BCUT2D eigenvalue weighted by Crippen LogP contribution is -2.08. The van der Waals surface area contributed by atoms with Gasteiger partial charge in [0, 0.05) is 10.9 Å². The second kappa shape index (κ2) is 8.39. The first kappa shape index (κ1) is 18.4. The molecular weight excluding hydrogens is 420 g/mol. The SMILES string of the molecule is OC(C#Cc1ccccc1Oc1ccccc1)Cc1cc2c(cc1Br)OCO2. The Labute approximate surface area is 171 Å². The molecule has 0 bridgehead atoms. The maximum absolute atomic E-state index is 10.4. The molecule has 140 valence electrons. The minimum atomic E-state index is -0.832. The van der Waals surface area contributed by atoms with E-state index in [9.17, 15) is 5.11 Å². The lowest BCUT2D eigenvalue weighted by molar-refractivity contribution is 0.174. The third-order valence-electron chi connectivity index (χ3n) is 4.19. The van der Waals surface area contributed by atoms with Gasteiger partial charge in [0.2, 0.25) is 6.79 Å². The van der Waals surface area contributed by atoms with Crippen molar-refractivity contribution >= 4 is 15.9 Å². The van der Waals surface area contributed by atoms with Crippen LogP contribution in [0, 0.1) is 11.8 Å². The van der Waals surface area contributed by atoms with Crippen LogP contribution in [0.4, 0.5) is 0 Å². The molecule has 3 aromatic rings. The van der Waals surface area contributed by atoms with Crippen molar-refractivity contribution in [2.75, 3.05) is 6.79 Å². The zero-order valence-corrected chi connectivity index (χ0v) is 16.5. The maximum Gasteiger partial charge on any atom is 0.231 e. The smallest absolute Gasteiger partial charge is 0.231 e.